The zero-order chi connectivity index (χ0) is 10.5. The van der Waals surface area contributed by atoms with Gasteiger partial charge >= 0.3 is 0 Å². The van der Waals surface area contributed by atoms with E-state index >= 15 is 0 Å². The summed E-state index contributed by atoms with van der Waals surface area (Å²) in [5.41, 5.74) is 4.72. The first kappa shape index (κ1) is 10.5. The quantitative estimate of drug-likeness (QED) is 0.772. The van der Waals surface area contributed by atoms with Crippen molar-refractivity contribution in [2.45, 2.75) is 6.54 Å². The van der Waals surface area contributed by atoms with Crippen LogP contribution >= 0.6 is 0 Å². The van der Waals surface area contributed by atoms with Crippen LogP contribution in [0.15, 0.2) is 24.5 Å². The van der Waals surface area contributed by atoms with E-state index in [2.05, 4.69) is 27.4 Å². The van der Waals surface area contributed by atoms with E-state index in [9.17, 15) is 0 Å². The molecule has 1 aliphatic heterocycles. The van der Waals surface area contributed by atoms with Gasteiger partial charge in [0.05, 0.1) is 0 Å². The van der Waals surface area contributed by atoms with Crippen LogP contribution < -0.4 is 5.43 Å². The first-order valence-electron chi connectivity index (χ1n) is 5.40. The van der Waals surface area contributed by atoms with Crippen molar-refractivity contribution < 1.29 is 0 Å². The Morgan fingerprint density at radius 3 is 2.53 bits per heavy atom. The molecule has 1 aliphatic rings. The summed E-state index contributed by atoms with van der Waals surface area (Å²) < 4.78 is 0. The summed E-state index contributed by atoms with van der Waals surface area (Å²) in [4.78, 5) is 6.35. The molecule has 0 bridgehead atoms. The highest BCUT2D eigenvalue weighted by Gasteiger charge is 2.12. The highest BCUT2D eigenvalue weighted by Crippen LogP contribution is 1.99. The molecule has 0 aromatic carbocycles. The average molecular weight is 206 g/mol. The maximum atomic E-state index is 4.00. The van der Waals surface area contributed by atoms with Gasteiger partial charge < -0.3 is 4.90 Å². The highest BCUT2D eigenvalue weighted by molar-refractivity contribution is 5.08. The summed E-state index contributed by atoms with van der Waals surface area (Å²) in [5, 5.41) is 2.29. The minimum Gasteiger partial charge on any atom is -0.304 e. The van der Waals surface area contributed by atoms with Crippen LogP contribution in [0, 0.1) is 0 Å². The predicted octanol–water partition coefficient (Wildman–Crippen LogP) is 0.334. The topological polar surface area (TPSA) is 31.4 Å². The van der Waals surface area contributed by atoms with Crippen molar-refractivity contribution >= 4 is 0 Å². The largest absolute Gasteiger partial charge is 0.304 e. The molecule has 0 spiro atoms. The molecule has 1 aromatic rings. The van der Waals surface area contributed by atoms with Crippen LogP contribution in [0.2, 0.25) is 0 Å². The molecule has 2 rings (SSSR count). The van der Waals surface area contributed by atoms with E-state index in [0.717, 1.165) is 32.7 Å². The highest BCUT2D eigenvalue weighted by atomic mass is 15.5. The summed E-state index contributed by atoms with van der Waals surface area (Å²) >= 11 is 0. The van der Waals surface area contributed by atoms with Gasteiger partial charge in [0.2, 0.25) is 0 Å². The molecule has 0 amide bonds. The van der Waals surface area contributed by atoms with Crippen LogP contribution in [0.5, 0.6) is 0 Å². The monoisotopic (exact) mass is 206 g/mol. The van der Waals surface area contributed by atoms with Crippen molar-refractivity contribution in [3.63, 3.8) is 0 Å². The second-order valence-corrected chi connectivity index (χ2v) is 3.98. The molecular formula is C11H18N4. The fraction of sp³-hybridized carbons (Fsp3) is 0.545. The maximum Gasteiger partial charge on any atom is 0.0354 e. The molecule has 2 heterocycles. The van der Waals surface area contributed by atoms with E-state index in [0.29, 0.717) is 0 Å². The van der Waals surface area contributed by atoms with Crippen molar-refractivity contribution in [1.82, 2.24) is 20.3 Å². The molecule has 1 fully saturated rings. The van der Waals surface area contributed by atoms with Gasteiger partial charge in [0.15, 0.2) is 0 Å². The fourth-order valence-electron chi connectivity index (χ4n) is 1.67. The number of hydrazine groups is 1. The van der Waals surface area contributed by atoms with Crippen molar-refractivity contribution in [3.8, 4) is 0 Å². The number of nitrogens with one attached hydrogen (secondary N) is 1. The van der Waals surface area contributed by atoms with E-state index < -0.39 is 0 Å². The van der Waals surface area contributed by atoms with Gasteiger partial charge in [0.25, 0.3) is 0 Å². The number of nitrogens with zero attached hydrogens (tertiary/aromatic N) is 3. The fourth-order valence-corrected chi connectivity index (χ4v) is 1.67. The Morgan fingerprint density at radius 1 is 1.20 bits per heavy atom. The van der Waals surface area contributed by atoms with Crippen molar-refractivity contribution in [2.24, 2.45) is 0 Å². The van der Waals surface area contributed by atoms with Gasteiger partial charge in [-0.25, -0.2) is 5.01 Å². The Labute approximate surface area is 90.9 Å². The maximum absolute atomic E-state index is 4.00. The molecule has 4 nitrogen and oxygen atoms in total. The summed E-state index contributed by atoms with van der Waals surface area (Å²) in [6.45, 7) is 5.38. The zero-order valence-electron chi connectivity index (χ0n) is 9.19. The number of rotatable bonds is 3. The molecule has 1 saturated heterocycles. The van der Waals surface area contributed by atoms with Gasteiger partial charge in [0, 0.05) is 45.1 Å². The first-order valence-corrected chi connectivity index (χ1v) is 5.40. The Hall–Kier alpha value is -0.970. The molecule has 0 radical (unpaired) electrons. The van der Waals surface area contributed by atoms with E-state index in [4.69, 9.17) is 0 Å². The van der Waals surface area contributed by atoms with Crippen LogP contribution in [0.25, 0.3) is 0 Å². The Morgan fingerprint density at radius 2 is 1.87 bits per heavy atom. The standard InChI is InChI=1S/C11H18N4/c1-14-6-8-15(9-7-14)13-10-11-2-4-12-5-3-11/h2-5,13H,6-10H2,1H3. The normalized spacial score (nSPS) is 19.3. The Bertz CT molecular complexity index is 280. The number of aromatic nitrogens is 1. The molecule has 0 saturated carbocycles. The molecule has 15 heavy (non-hydrogen) atoms. The molecule has 1 N–H and O–H groups in total. The molecule has 82 valence electrons. The smallest absolute Gasteiger partial charge is 0.0354 e. The zero-order valence-corrected chi connectivity index (χ0v) is 9.19. The number of hydrogen-bond acceptors (Lipinski definition) is 4. The van der Waals surface area contributed by atoms with Gasteiger partial charge in [-0.05, 0) is 24.7 Å². The van der Waals surface area contributed by atoms with Crippen molar-refractivity contribution in [3.05, 3.63) is 30.1 Å². The molecule has 0 atom stereocenters. The summed E-state index contributed by atoms with van der Waals surface area (Å²) in [6.07, 6.45) is 3.67. The van der Waals surface area contributed by atoms with Crippen molar-refractivity contribution in [1.29, 1.82) is 0 Å². The average Bonchev–Trinajstić information content (AvgIpc) is 2.30. The lowest BCUT2D eigenvalue weighted by molar-refractivity contribution is 0.102. The summed E-state index contributed by atoms with van der Waals surface area (Å²) in [5.74, 6) is 0. The van der Waals surface area contributed by atoms with E-state index in [-0.39, 0.29) is 0 Å². The number of piperazine rings is 1. The lowest BCUT2D eigenvalue weighted by atomic mass is 10.3. The van der Waals surface area contributed by atoms with Gasteiger partial charge in [-0.15, -0.1) is 0 Å². The van der Waals surface area contributed by atoms with E-state index in [1.165, 1.54) is 5.56 Å². The lowest BCUT2D eigenvalue weighted by Crippen LogP contribution is -2.50. The lowest BCUT2D eigenvalue weighted by Gasteiger charge is -2.32. The molecule has 0 unspecified atom stereocenters. The minimum atomic E-state index is 0.895. The number of hydrogen-bond donors (Lipinski definition) is 1. The first-order chi connectivity index (χ1) is 7.34. The van der Waals surface area contributed by atoms with Gasteiger partial charge in [-0.3, -0.25) is 10.4 Å². The predicted molar refractivity (Wildman–Crippen MR) is 60.1 cm³/mol. The van der Waals surface area contributed by atoms with Gasteiger partial charge in [0.1, 0.15) is 0 Å². The Kier molecular flexibility index (Phi) is 3.66. The van der Waals surface area contributed by atoms with E-state index in [1.807, 2.05) is 24.5 Å². The SMILES string of the molecule is CN1CCN(NCc2ccncc2)CC1. The third kappa shape index (κ3) is 3.27. The number of likely N-dealkylation sites (N-methyl/N-ethyl adjacent to an activating group) is 1. The van der Waals surface area contributed by atoms with Crippen LogP contribution in [0.4, 0.5) is 0 Å². The summed E-state index contributed by atoms with van der Waals surface area (Å²) in [6, 6.07) is 4.09. The summed E-state index contributed by atoms with van der Waals surface area (Å²) in [7, 11) is 2.17. The van der Waals surface area contributed by atoms with Crippen LogP contribution in [-0.4, -0.2) is 48.1 Å². The molecule has 1 aromatic heterocycles. The van der Waals surface area contributed by atoms with Gasteiger partial charge in [-0.1, -0.05) is 0 Å². The van der Waals surface area contributed by atoms with E-state index in [1.54, 1.807) is 0 Å². The Balaban J connectivity index is 1.74. The molecule has 0 aliphatic carbocycles. The van der Waals surface area contributed by atoms with Crippen molar-refractivity contribution in [2.75, 3.05) is 33.2 Å². The van der Waals surface area contributed by atoms with Crippen LogP contribution in [0.3, 0.4) is 0 Å². The second-order valence-electron chi connectivity index (χ2n) is 3.98. The third-order valence-corrected chi connectivity index (χ3v) is 2.76. The van der Waals surface area contributed by atoms with Crippen LogP contribution in [0.1, 0.15) is 5.56 Å². The van der Waals surface area contributed by atoms with Crippen LogP contribution in [-0.2, 0) is 6.54 Å². The molecule has 4 heteroatoms. The van der Waals surface area contributed by atoms with Gasteiger partial charge in [-0.2, -0.15) is 0 Å². The minimum absolute atomic E-state index is 0.895. The number of pyridine rings is 1. The molecular weight excluding hydrogens is 188 g/mol. The second kappa shape index (κ2) is 5.21. The third-order valence-electron chi connectivity index (χ3n) is 2.76.